The maximum absolute atomic E-state index is 13.1. The van der Waals surface area contributed by atoms with Crippen LogP contribution in [-0.4, -0.2) is 126 Å². The smallest absolute Gasteiger partial charge is 0.329 e. The predicted octanol–water partition coefficient (Wildman–Crippen LogP) is 4.62. The molecule has 3 aliphatic heterocycles. The van der Waals surface area contributed by atoms with E-state index in [0.29, 0.717) is 30.1 Å². The first-order valence-electron chi connectivity index (χ1n) is 22.4. The van der Waals surface area contributed by atoms with E-state index in [1.165, 1.54) is 43.3 Å². The highest BCUT2D eigenvalue weighted by Gasteiger charge is 2.32. The Morgan fingerprint density at radius 2 is 1.56 bits per heavy atom. The van der Waals surface area contributed by atoms with Crippen molar-refractivity contribution in [2.45, 2.75) is 63.5 Å². The highest BCUT2D eigenvalue weighted by atomic mass is 16.5. The standard InChI is InChI=1S/C47H53N11O5/c1-54-42-26-31(11-14-40(42)58(47(54)61)41-15-16-43(59)48-46(41)60)4-3-19-55-22-24-57(25-23-55)30-33-9-7-32(8-10-33)29-56-20-17-36(18-21-56)62-37-6-2-5-34(27-37)44-38-28-35(45-49-52-53-50-45)12-13-39(38)51-63-44/h2,5-6,11-14,26-28,32-33,36,41H,7-10,15-25,29-30H2,1H3,(H,48,59,60)(H,49,50,52,53). The number of aromatic amines is 1. The molecule has 4 fully saturated rings. The lowest BCUT2D eigenvalue weighted by atomic mass is 9.81. The minimum absolute atomic E-state index is 0.192. The molecule has 1 atom stereocenters. The summed E-state index contributed by atoms with van der Waals surface area (Å²) in [6, 6.07) is 18.9. The molecule has 0 radical (unpaired) electrons. The van der Waals surface area contributed by atoms with Crippen molar-refractivity contribution >= 4 is 33.8 Å². The molecule has 0 spiro atoms. The molecule has 3 aromatic carbocycles. The van der Waals surface area contributed by atoms with E-state index in [2.05, 4.69) is 57.6 Å². The number of rotatable bonds is 10. The predicted molar refractivity (Wildman–Crippen MR) is 237 cm³/mol. The number of imide groups is 1. The molecule has 6 heterocycles. The Balaban J connectivity index is 0.637. The summed E-state index contributed by atoms with van der Waals surface area (Å²) in [4.78, 5) is 45.1. The number of likely N-dealkylation sites (tertiary alicyclic amines) is 1. The molecule has 3 saturated heterocycles. The van der Waals surface area contributed by atoms with Gasteiger partial charge >= 0.3 is 5.69 Å². The summed E-state index contributed by atoms with van der Waals surface area (Å²) < 4.78 is 15.4. The maximum atomic E-state index is 13.1. The van der Waals surface area contributed by atoms with E-state index in [1.807, 2.05) is 60.7 Å². The number of hydrogen-bond acceptors (Lipinski definition) is 12. The van der Waals surface area contributed by atoms with Crippen molar-refractivity contribution in [1.82, 2.24) is 54.9 Å². The number of carbonyl (C=O) groups is 2. The van der Waals surface area contributed by atoms with Gasteiger partial charge in [-0.05, 0) is 111 Å². The van der Waals surface area contributed by atoms with Crippen molar-refractivity contribution in [3.8, 4) is 40.3 Å². The molecule has 2 amide bonds. The van der Waals surface area contributed by atoms with E-state index in [1.54, 1.807) is 11.6 Å². The molecular weight excluding hydrogens is 799 g/mol. The van der Waals surface area contributed by atoms with Gasteiger partial charge in [0.2, 0.25) is 17.6 Å². The van der Waals surface area contributed by atoms with Crippen LogP contribution in [0.5, 0.6) is 5.75 Å². The Morgan fingerprint density at radius 1 is 0.794 bits per heavy atom. The number of piperidine rings is 2. The van der Waals surface area contributed by atoms with Crippen LogP contribution in [0.25, 0.3) is 44.6 Å². The summed E-state index contributed by atoms with van der Waals surface area (Å²) in [7, 11) is 1.71. The Morgan fingerprint density at radius 3 is 2.30 bits per heavy atom. The second kappa shape index (κ2) is 17.9. The zero-order valence-corrected chi connectivity index (χ0v) is 35.7. The molecule has 10 rings (SSSR count). The Kier molecular flexibility index (Phi) is 11.6. The zero-order valence-electron chi connectivity index (χ0n) is 35.7. The first-order valence-corrected chi connectivity index (χ1v) is 22.4. The third-order valence-corrected chi connectivity index (χ3v) is 13.6. The minimum Gasteiger partial charge on any atom is -0.490 e. The van der Waals surface area contributed by atoms with Gasteiger partial charge in [0, 0.05) is 82.5 Å². The van der Waals surface area contributed by atoms with Crippen molar-refractivity contribution in [2.75, 3.05) is 58.9 Å². The normalized spacial score (nSPS) is 22.0. The van der Waals surface area contributed by atoms with Gasteiger partial charge in [-0.25, -0.2) is 4.79 Å². The number of piperazine rings is 1. The number of fused-ring (bicyclic) bond motifs is 2. The molecule has 16 nitrogen and oxygen atoms in total. The van der Waals surface area contributed by atoms with Crippen molar-refractivity contribution < 1.29 is 18.8 Å². The molecule has 1 unspecified atom stereocenters. The topological polar surface area (TPSA) is 173 Å². The monoisotopic (exact) mass is 851 g/mol. The highest BCUT2D eigenvalue weighted by molar-refractivity contribution is 6.00. The fraction of sp³-hybridized carbons (Fsp3) is 0.468. The van der Waals surface area contributed by atoms with Gasteiger partial charge in [0.25, 0.3) is 0 Å². The number of hydrogen-bond donors (Lipinski definition) is 2. The van der Waals surface area contributed by atoms with Crippen LogP contribution >= 0.6 is 0 Å². The molecular formula is C47H53N11O5. The van der Waals surface area contributed by atoms with E-state index in [0.717, 1.165) is 103 Å². The van der Waals surface area contributed by atoms with Crippen LogP contribution in [-0.2, 0) is 16.6 Å². The third kappa shape index (κ3) is 8.91. The quantitative estimate of drug-likeness (QED) is 0.145. The van der Waals surface area contributed by atoms with E-state index < -0.39 is 11.9 Å². The first kappa shape index (κ1) is 40.9. The third-order valence-electron chi connectivity index (χ3n) is 13.6. The molecule has 16 heteroatoms. The van der Waals surface area contributed by atoms with E-state index in [-0.39, 0.29) is 24.1 Å². The van der Waals surface area contributed by atoms with Gasteiger partial charge in [-0.3, -0.25) is 28.9 Å². The van der Waals surface area contributed by atoms with Gasteiger partial charge in [0.05, 0.1) is 23.0 Å². The number of ether oxygens (including phenoxy) is 1. The number of benzene rings is 3. The average Bonchev–Trinajstić information content (AvgIpc) is 4.05. The van der Waals surface area contributed by atoms with Gasteiger partial charge in [-0.2, -0.15) is 5.21 Å². The fourth-order valence-electron chi connectivity index (χ4n) is 10.1. The summed E-state index contributed by atoms with van der Waals surface area (Å²) >= 11 is 0. The number of imidazole rings is 1. The number of aryl methyl sites for hydroxylation is 1. The molecule has 326 valence electrons. The van der Waals surface area contributed by atoms with E-state index >= 15 is 0 Å². The number of carbonyl (C=O) groups excluding carboxylic acids is 2. The Hall–Kier alpha value is -6.15. The Labute approximate surface area is 364 Å². The molecule has 0 bridgehead atoms. The fourth-order valence-corrected chi connectivity index (χ4v) is 10.1. The Bertz CT molecular complexity index is 2720. The van der Waals surface area contributed by atoms with Gasteiger partial charge in [-0.15, -0.1) is 10.2 Å². The second-order valence-corrected chi connectivity index (χ2v) is 17.8. The summed E-state index contributed by atoms with van der Waals surface area (Å²) in [6.45, 7) is 9.42. The van der Waals surface area contributed by atoms with Gasteiger partial charge in [0.15, 0.2) is 5.76 Å². The minimum atomic E-state index is -0.694. The summed E-state index contributed by atoms with van der Waals surface area (Å²) in [5, 5.41) is 21.9. The van der Waals surface area contributed by atoms with E-state index in [9.17, 15) is 14.4 Å². The second-order valence-electron chi connectivity index (χ2n) is 17.8. The average molecular weight is 852 g/mol. The van der Waals surface area contributed by atoms with Crippen LogP contribution in [0, 0.1) is 23.7 Å². The molecule has 1 aliphatic carbocycles. The van der Waals surface area contributed by atoms with Gasteiger partial charge in [-0.1, -0.05) is 29.1 Å². The van der Waals surface area contributed by atoms with Gasteiger partial charge in [0.1, 0.15) is 23.4 Å². The molecule has 6 aromatic rings. The number of aromatic nitrogens is 7. The largest absolute Gasteiger partial charge is 0.490 e. The number of amides is 2. The van der Waals surface area contributed by atoms with Crippen LogP contribution in [0.1, 0.15) is 63.0 Å². The van der Waals surface area contributed by atoms with Crippen molar-refractivity contribution in [3.05, 3.63) is 76.7 Å². The summed E-state index contributed by atoms with van der Waals surface area (Å²) in [5.41, 5.74) is 4.49. The summed E-state index contributed by atoms with van der Waals surface area (Å²) in [6.07, 6.45) is 8.04. The maximum Gasteiger partial charge on any atom is 0.329 e. The molecule has 3 aromatic heterocycles. The molecule has 4 aliphatic rings. The molecule has 1 saturated carbocycles. The highest BCUT2D eigenvalue weighted by Crippen LogP contribution is 2.35. The number of nitrogens with one attached hydrogen (secondary N) is 2. The van der Waals surface area contributed by atoms with E-state index in [4.69, 9.17) is 9.26 Å². The van der Waals surface area contributed by atoms with Gasteiger partial charge < -0.3 is 19.1 Å². The van der Waals surface area contributed by atoms with Crippen molar-refractivity contribution in [3.63, 3.8) is 0 Å². The molecule has 2 N–H and O–H groups in total. The zero-order chi connectivity index (χ0) is 42.9. The number of tetrazole rings is 1. The van der Waals surface area contributed by atoms with Crippen LogP contribution in [0.3, 0.4) is 0 Å². The lowest BCUT2D eigenvalue weighted by Gasteiger charge is -2.39. The first-order chi connectivity index (χ1) is 30.8. The number of nitrogens with zero attached hydrogens (tertiary/aromatic N) is 9. The van der Waals surface area contributed by atoms with Crippen LogP contribution in [0.2, 0.25) is 0 Å². The lowest BCUT2D eigenvalue weighted by Crippen LogP contribution is -2.48. The summed E-state index contributed by atoms with van der Waals surface area (Å²) in [5.74, 6) is 9.55. The van der Waals surface area contributed by atoms with Crippen LogP contribution in [0.15, 0.2) is 70.0 Å². The lowest BCUT2D eigenvalue weighted by molar-refractivity contribution is -0.135. The number of H-pyrrole nitrogens is 1. The van der Waals surface area contributed by atoms with Crippen LogP contribution < -0.4 is 15.7 Å². The van der Waals surface area contributed by atoms with Crippen molar-refractivity contribution in [2.24, 2.45) is 18.9 Å². The molecule has 63 heavy (non-hydrogen) atoms. The van der Waals surface area contributed by atoms with Crippen molar-refractivity contribution in [1.29, 1.82) is 0 Å². The SMILES string of the molecule is Cn1c(=O)n(C2CCC(=O)NC2=O)c2ccc(C#CCN3CCN(CC4CCC(CN5CCC(Oc6cccc(-c7onc8ccc(-c9nn[nH]n9)cc78)c6)CC5)CC4)CC3)cc21. The van der Waals surface area contributed by atoms with Crippen LogP contribution in [0.4, 0.5) is 0 Å².